The van der Waals surface area contributed by atoms with Crippen LogP contribution in [0.3, 0.4) is 0 Å². The van der Waals surface area contributed by atoms with Gasteiger partial charge in [0, 0.05) is 0 Å². The Morgan fingerprint density at radius 2 is 1.21 bits per heavy atom. The highest BCUT2D eigenvalue weighted by molar-refractivity contribution is 6.03. The molecule has 4 aromatic rings. The van der Waals surface area contributed by atoms with Gasteiger partial charge in [-0.2, -0.15) is 4.89 Å². The van der Waals surface area contributed by atoms with Crippen molar-refractivity contribution in [3.63, 3.8) is 0 Å². The summed E-state index contributed by atoms with van der Waals surface area (Å²) in [5.41, 5.74) is 0.0224. The molecule has 10 nitrogen and oxygen atoms in total. The number of phenols is 1. The van der Waals surface area contributed by atoms with Gasteiger partial charge in [0.05, 0.1) is 16.7 Å². The lowest BCUT2D eigenvalue weighted by atomic mass is 10.1. The molecule has 0 saturated heterocycles. The van der Waals surface area contributed by atoms with Gasteiger partial charge in [0.2, 0.25) is 0 Å². The molecule has 0 aliphatic rings. The largest absolute Gasteiger partial charge is 0.508 e. The van der Waals surface area contributed by atoms with Crippen LogP contribution in [-0.2, 0) is 11.5 Å². The van der Waals surface area contributed by atoms with E-state index in [1.165, 1.54) is 24.3 Å². The van der Waals surface area contributed by atoms with Crippen LogP contribution in [0, 0.1) is 0 Å². The fourth-order valence-corrected chi connectivity index (χ4v) is 3.34. The molecule has 0 atom stereocenters. The number of carbonyl (C=O) groups is 3. The average Bonchev–Trinajstić information content (AvgIpc) is 2.90. The summed E-state index contributed by atoms with van der Waals surface area (Å²) < 4.78 is 11.0. The molecule has 0 amide bonds. The summed E-state index contributed by atoms with van der Waals surface area (Å²) in [6.07, 6.45) is 0. The Labute approximate surface area is 215 Å². The summed E-state index contributed by atoms with van der Waals surface area (Å²) in [5.74, 6) is -2.15. The molecular weight excluding hydrogens is 496 g/mol. The van der Waals surface area contributed by atoms with Gasteiger partial charge in [0.25, 0.3) is 0 Å². The van der Waals surface area contributed by atoms with Crippen LogP contribution in [0.25, 0.3) is 0 Å². The SMILES string of the molecule is O=C(O)c1ccccc1COOc1ccc(Oc2ccc(OC(=O)c3cc(O)ccc3C(=O)O)cc2)cc1. The highest BCUT2D eigenvalue weighted by atomic mass is 17.2. The van der Waals surface area contributed by atoms with Crippen LogP contribution < -0.4 is 14.4 Å². The number of hydrogen-bond donors (Lipinski definition) is 3. The normalized spacial score (nSPS) is 10.4. The number of carboxylic acid groups (broad SMARTS) is 2. The van der Waals surface area contributed by atoms with Gasteiger partial charge in [0.1, 0.15) is 29.6 Å². The first-order valence-electron chi connectivity index (χ1n) is 11.1. The number of aromatic hydroxyl groups is 1. The number of ether oxygens (including phenoxy) is 2. The topological polar surface area (TPSA) is 149 Å². The minimum Gasteiger partial charge on any atom is -0.508 e. The number of hydrogen-bond acceptors (Lipinski definition) is 8. The summed E-state index contributed by atoms with van der Waals surface area (Å²) in [6, 6.07) is 22.3. The van der Waals surface area contributed by atoms with Gasteiger partial charge in [-0.25, -0.2) is 14.4 Å². The molecule has 0 saturated carbocycles. The van der Waals surface area contributed by atoms with E-state index in [-0.39, 0.29) is 34.8 Å². The third-order valence-electron chi connectivity index (χ3n) is 5.16. The van der Waals surface area contributed by atoms with Gasteiger partial charge in [0.15, 0.2) is 5.75 Å². The van der Waals surface area contributed by atoms with Crippen molar-refractivity contribution in [1.29, 1.82) is 0 Å². The molecule has 0 bridgehead atoms. The van der Waals surface area contributed by atoms with Crippen molar-refractivity contribution in [3.05, 3.63) is 113 Å². The molecule has 0 fully saturated rings. The third kappa shape index (κ3) is 6.45. The highest BCUT2D eigenvalue weighted by Crippen LogP contribution is 2.27. The first-order chi connectivity index (χ1) is 18.3. The van der Waals surface area contributed by atoms with E-state index < -0.39 is 17.9 Å². The van der Waals surface area contributed by atoms with E-state index in [9.17, 15) is 29.7 Å². The lowest BCUT2D eigenvalue weighted by molar-refractivity contribution is -0.217. The van der Waals surface area contributed by atoms with Gasteiger partial charge in [-0.05, 0) is 78.4 Å². The smallest absolute Gasteiger partial charge is 0.344 e. The molecule has 4 aromatic carbocycles. The van der Waals surface area contributed by atoms with Crippen molar-refractivity contribution in [3.8, 4) is 28.7 Å². The van der Waals surface area contributed by atoms with E-state index >= 15 is 0 Å². The molecule has 0 radical (unpaired) electrons. The number of esters is 1. The first kappa shape index (κ1) is 25.7. The molecule has 3 N–H and O–H groups in total. The molecule has 0 aliphatic heterocycles. The van der Waals surface area contributed by atoms with Crippen LogP contribution >= 0.6 is 0 Å². The van der Waals surface area contributed by atoms with E-state index in [4.69, 9.17) is 19.2 Å². The summed E-state index contributed by atoms with van der Waals surface area (Å²) in [4.78, 5) is 45.4. The van der Waals surface area contributed by atoms with Gasteiger partial charge in [-0.15, -0.1) is 0 Å². The van der Waals surface area contributed by atoms with Crippen molar-refractivity contribution < 1.29 is 49.0 Å². The van der Waals surface area contributed by atoms with Crippen molar-refractivity contribution >= 4 is 17.9 Å². The van der Waals surface area contributed by atoms with Crippen LogP contribution in [0.5, 0.6) is 28.7 Å². The van der Waals surface area contributed by atoms with Gasteiger partial charge < -0.3 is 29.7 Å². The maximum absolute atomic E-state index is 12.4. The minimum atomic E-state index is -1.33. The average molecular weight is 516 g/mol. The molecular formula is C28H20O10. The maximum Gasteiger partial charge on any atom is 0.344 e. The number of carboxylic acids is 2. The number of rotatable bonds is 10. The van der Waals surface area contributed by atoms with Gasteiger partial charge in [-0.3, -0.25) is 0 Å². The Kier molecular flexibility index (Phi) is 7.85. The van der Waals surface area contributed by atoms with E-state index in [1.807, 2.05) is 0 Å². The fraction of sp³-hybridized carbons (Fsp3) is 0.0357. The predicted octanol–water partition coefficient (Wildman–Crippen LogP) is 5.31. The second kappa shape index (κ2) is 11.6. The zero-order valence-corrected chi connectivity index (χ0v) is 19.6. The van der Waals surface area contributed by atoms with Crippen molar-refractivity contribution in [2.75, 3.05) is 0 Å². The molecule has 192 valence electrons. The predicted molar refractivity (Wildman–Crippen MR) is 132 cm³/mol. The summed E-state index contributed by atoms with van der Waals surface area (Å²) in [7, 11) is 0. The third-order valence-corrected chi connectivity index (χ3v) is 5.16. The van der Waals surface area contributed by atoms with Crippen molar-refractivity contribution in [1.82, 2.24) is 0 Å². The van der Waals surface area contributed by atoms with E-state index in [1.54, 1.807) is 54.6 Å². The van der Waals surface area contributed by atoms with Gasteiger partial charge in [-0.1, -0.05) is 18.2 Å². The fourth-order valence-electron chi connectivity index (χ4n) is 3.34. The Bertz CT molecular complexity index is 1460. The Hall–Kier alpha value is -5.35. The lowest BCUT2D eigenvalue weighted by Crippen LogP contribution is -2.14. The van der Waals surface area contributed by atoms with Crippen LogP contribution in [-0.4, -0.2) is 33.2 Å². The zero-order chi connectivity index (χ0) is 27.1. The Morgan fingerprint density at radius 3 is 1.84 bits per heavy atom. The highest BCUT2D eigenvalue weighted by Gasteiger charge is 2.19. The van der Waals surface area contributed by atoms with Crippen LogP contribution in [0.15, 0.2) is 91.0 Å². The zero-order valence-electron chi connectivity index (χ0n) is 19.6. The summed E-state index contributed by atoms with van der Waals surface area (Å²) >= 11 is 0. The second-order valence-corrected chi connectivity index (χ2v) is 7.78. The Balaban J connectivity index is 1.31. The van der Waals surface area contributed by atoms with E-state index in [2.05, 4.69) is 0 Å². The minimum absolute atomic E-state index is 0.0549. The molecule has 0 aromatic heterocycles. The van der Waals surface area contributed by atoms with E-state index in [0.717, 1.165) is 12.1 Å². The molecule has 0 heterocycles. The lowest BCUT2D eigenvalue weighted by Gasteiger charge is -2.10. The molecule has 4 rings (SSSR count). The van der Waals surface area contributed by atoms with Crippen LogP contribution in [0.4, 0.5) is 0 Å². The van der Waals surface area contributed by atoms with E-state index in [0.29, 0.717) is 22.8 Å². The van der Waals surface area contributed by atoms with Crippen molar-refractivity contribution in [2.24, 2.45) is 0 Å². The van der Waals surface area contributed by atoms with Crippen molar-refractivity contribution in [2.45, 2.75) is 6.61 Å². The maximum atomic E-state index is 12.4. The first-order valence-corrected chi connectivity index (χ1v) is 11.1. The number of aromatic carboxylic acids is 2. The molecule has 0 aliphatic carbocycles. The van der Waals surface area contributed by atoms with Gasteiger partial charge >= 0.3 is 17.9 Å². The quantitative estimate of drug-likeness (QED) is 0.110. The number of phenolic OH excluding ortho intramolecular Hbond substituents is 1. The number of benzene rings is 4. The van der Waals surface area contributed by atoms with Crippen LogP contribution in [0.1, 0.15) is 36.6 Å². The summed E-state index contributed by atoms with van der Waals surface area (Å²) in [5, 5.41) is 28.0. The van der Waals surface area contributed by atoms with Crippen LogP contribution in [0.2, 0.25) is 0 Å². The standard InChI is InChI=1S/C28H20O10/c29-18-5-14-24(27(32)33)25(15-18)28(34)37-21-8-6-19(7-9-21)36-20-10-12-22(13-11-20)38-35-16-17-3-1-2-4-23(17)26(30)31/h1-15,29H,16H2,(H,30,31)(H,32,33). The number of carbonyl (C=O) groups excluding carboxylic acids is 1. The summed E-state index contributed by atoms with van der Waals surface area (Å²) in [6.45, 7) is -0.0549. The molecule has 0 unspecified atom stereocenters. The molecule has 38 heavy (non-hydrogen) atoms. The second-order valence-electron chi connectivity index (χ2n) is 7.78. The molecule has 10 heteroatoms. The Morgan fingerprint density at radius 1 is 0.632 bits per heavy atom. The monoisotopic (exact) mass is 516 g/mol. The molecule has 0 spiro atoms.